The number of nitrogens with two attached hydrogens (primary N) is 1. The molecule has 29 heavy (non-hydrogen) atoms. The summed E-state index contributed by atoms with van der Waals surface area (Å²) < 4.78 is 1.69. The molecule has 154 valence electrons. The second-order valence-corrected chi connectivity index (χ2v) is 5.61. The smallest absolute Gasteiger partial charge is 0.290 e. The van der Waals surface area contributed by atoms with Crippen molar-refractivity contribution in [3.8, 4) is 0 Å². The molecule has 3 aromatic rings. The van der Waals surface area contributed by atoms with Crippen LogP contribution in [0.15, 0.2) is 36.8 Å². The van der Waals surface area contributed by atoms with Gasteiger partial charge in [0.2, 0.25) is 6.41 Å². The predicted molar refractivity (Wildman–Crippen MR) is 109 cm³/mol. The van der Waals surface area contributed by atoms with Crippen molar-refractivity contribution in [2.45, 2.75) is 20.8 Å². The van der Waals surface area contributed by atoms with E-state index in [1.807, 2.05) is 45.0 Å². The number of rotatable bonds is 4. The summed E-state index contributed by atoms with van der Waals surface area (Å²) in [7, 11) is 0. The summed E-state index contributed by atoms with van der Waals surface area (Å²) in [6.07, 6.45) is 3.47. The van der Waals surface area contributed by atoms with Gasteiger partial charge in [-0.3, -0.25) is 14.4 Å². The third-order valence-corrected chi connectivity index (χ3v) is 3.81. The van der Waals surface area contributed by atoms with Gasteiger partial charge in [0.05, 0.1) is 5.56 Å². The minimum absolute atomic E-state index is 0.0997. The highest BCUT2D eigenvalue weighted by molar-refractivity contribution is 5.99. The van der Waals surface area contributed by atoms with Gasteiger partial charge in [-0.1, -0.05) is 18.2 Å². The van der Waals surface area contributed by atoms with E-state index in [1.54, 1.807) is 10.7 Å². The quantitative estimate of drug-likeness (QED) is 0.486. The van der Waals surface area contributed by atoms with Crippen LogP contribution in [0.4, 0.5) is 11.5 Å². The maximum absolute atomic E-state index is 12.2. The largest absolute Gasteiger partial charge is 0.483 e. The fourth-order valence-corrected chi connectivity index (χ4v) is 2.58. The summed E-state index contributed by atoms with van der Waals surface area (Å²) in [6.45, 7) is 6.18. The Balaban J connectivity index is 0.000000626. The first-order valence-corrected chi connectivity index (χ1v) is 8.62. The number of nitrogens with one attached hydrogen (secondary N) is 2. The first kappa shape index (κ1) is 23.1. The number of carbonyl (C=O) groups is 3. The highest BCUT2D eigenvalue weighted by Gasteiger charge is 2.17. The molecule has 0 aliphatic heterocycles. The lowest BCUT2D eigenvalue weighted by Crippen LogP contribution is -2.22. The van der Waals surface area contributed by atoms with Crippen LogP contribution in [-0.2, 0) is 9.59 Å². The van der Waals surface area contributed by atoms with Gasteiger partial charge in [0, 0.05) is 18.4 Å². The van der Waals surface area contributed by atoms with Gasteiger partial charge >= 0.3 is 0 Å². The van der Waals surface area contributed by atoms with Gasteiger partial charge in [0.25, 0.3) is 12.4 Å². The topological polar surface area (TPSA) is 152 Å². The second-order valence-electron chi connectivity index (χ2n) is 5.61. The minimum atomic E-state index is -0.250. The summed E-state index contributed by atoms with van der Waals surface area (Å²) in [5.41, 5.74) is 8.54. The van der Waals surface area contributed by atoms with Gasteiger partial charge in [0.1, 0.15) is 11.8 Å². The average molecular weight is 400 g/mol. The molecule has 2 aromatic heterocycles. The average Bonchev–Trinajstić information content (AvgIpc) is 3.03. The summed E-state index contributed by atoms with van der Waals surface area (Å²) in [6, 6.07) is 7.99. The van der Waals surface area contributed by atoms with Crippen molar-refractivity contribution in [2.24, 2.45) is 5.73 Å². The van der Waals surface area contributed by atoms with Crippen molar-refractivity contribution in [1.82, 2.24) is 19.9 Å². The van der Waals surface area contributed by atoms with Crippen LogP contribution in [0.2, 0.25) is 0 Å². The SMILES string of the molecule is CCNC(=O)c1cn2ncnc(Nc3ccccc3C)c2c1C.NC=O.O=CO. The van der Waals surface area contributed by atoms with Gasteiger partial charge < -0.3 is 21.5 Å². The van der Waals surface area contributed by atoms with Crippen LogP contribution >= 0.6 is 0 Å². The Hall–Kier alpha value is -3.95. The second kappa shape index (κ2) is 11.7. The molecule has 0 spiro atoms. The number of para-hydroxylation sites is 1. The lowest BCUT2D eigenvalue weighted by molar-refractivity contribution is -0.122. The Bertz CT molecular complexity index is 964. The fraction of sp³-hybridized carbons (Fsp3) is 0.211. The number of hydrogen-bond donors (Lipinski definition) is 4. The molecule has 10 nitrogen and oxygen atoms in total. The van der Waals surface area contributed by atoms with Crippen LogP contribution in [0.1, 0.15) is 28.4 Å². The van der Waals surface area contributed by atoms with E-state index >= 15 is 0 Å². The van der Waals surface area contributed by atoms with Crippen LogP contribution in [0.5, 0.6) is 0 Å². The highest BCUT2D eigenvalue weighted by Crippen LogP contribution is 2.26. The van der Waals surface area contributed by atoms with Gasteiger partial charge in [-0.15, -0.1) is 0 Å². The summed E-state index contributed by atoms with van der Waals surface area (Å²) >= 11 is 0. The van der Waals surface area contributed by atoms with E-state index in [4.69, 9.17) is 14.7 Å². The standard InChI is InChI=1S/C17H19N5O.CH3NO.CH2O2/c1-4-18-17(23)13-9-22-15(12(13)3)16(19-10-20-22)21-14-8-6-5-7-11(14)2;2*2-1-3/h5-10H,4H2,1-3H3,(H,18,23)(H,19,20,21);1H,(H2,2,3);1H,(H,2,3). The van der Waals surface area contributed by atoms with Crippen LogP contribution in [0.25, 0.3) is 5.52 Å². The maximum Gasteiger partial charge on any atom is 0.290 e. The Labute approximate surface area is 167 Å². The third kappa shape index (κ3) is 6.03. The number of aromatic nitrogens is 3. The summed E-state index contributed by atoms with van der Waals surface area (Å²) in [5.74, 6) is 0.583. The molecule has 0 bridgehead atoms. The number of carbonyl (C=O) groups excluding carboxylic acids is 2. The third-order valence-electron chi connectivity index (χ3n) is 3.81. The summed E-state index contributed by atoms with van der Waals surface area (Å²) in [5, 5.41) is 17.3. The first-order valence-electron chi connectivity index (χ1n) is 8.62. The Morgan fingerprint density at radius 1 is 1.28 bits per heavy atom. The zero-order valence-corrected chi connectivity index (χ0v) is 16.4. The molecule has 5 N–H and O–H groups in total. The van der Waals surface area contributed by atoms with Crippen molar-refractivity contribution in [3.63, 3.8) is 0 Å². The van der Waals surface area contributed by atoms with E-state index in [9.17, 15) is 4.79 Å². The molecule has 0 saturated heterocycles. The lowest BCUT2D eigenvalue weighted by Gasteiger charge is -2.10. The number of aryl methyl sites for hydroxylation is 2. The molecule has 0 atom stereocenters. The molecular weight excluding hydrogens is 376 g/mol. The van der Waals surface area contributed by atoms with E-state index in [0.717, 1.165) is 22.3 Å². The molecule has 0 saturated carbocycles. The molecule has 0 unspecified atom stereocenters. The Kier molecular flexibility index (Phi) is 9.31. The van der Waals surface area contributed by atoms with Crippen LogP contribution < -0.4 is 16.4 Å². The minimum Gasteiger partial charge on any atom is -0.483 e. The molecule has 1 aromatic carbocycles. The number of anilines is 2. The van der Waals surface area contributed by atoms with Crippen LogP contribution in [0.3, 0.4) is 0 Å². The molecule has 3 rings (SSSR count). The van der Waals surface area contributed by atoms with Crippen LogP contribution in [0, 0.1) is 13.8 Å². The molecule has 0 fully saturated rings. The van der Waals surface area contributed by atoms with Crippen molar-refractivity contribution < 1.29 is 19.5 Å². The lowest BCUT2D eigenvalue weighted by atomic mass is 10.1. The van der Waals surface area contributed by atoms with Crippen LogP contribution in [-0.4, -0.2) is 45.0 Å². The molecule has 2 heterocycles. The number of nitrogens with zero attached hydrogens (tertiary/aromatic N) is 3. The van der Waals surface area contributed by atoms with E-state index in [2.05, 4.69) is 26.4 Å². The normalized spacial score (nSPS) is 9.34. The van der Waals surface area contributed by atoms with Gasteiger partial charge in [-0.25, -0.2) is 9.50 Å². The van der Waals surface area contributed by atoms with E-state index < -0.39 is 0 Å². The fourth-order valence-electron chi connectivity index (χ4n) is 2.58. The Morgan fingerprint density at radius 2 is 1.90 bits per heavy atom. The highest BCUT2D eigenvalue weighted by atomic mass is 16.3. The van der Waals surface area contributed by atoms with Crippen molar-refractivity contribution in [3.05, 3.63) is 53.5 Å². The number of benzene rings is 1. The molecule has 0 aliphatic carbocycles. The van der Waals surface area contributed by atoms with Gasteiger partial charge in [-0.2, -0.15) is 5.10 Å². The number of fused-ring (bicyclic) bond motifs is 1. The molecular formula is C19H24N6O4. The van der Waals surface area contributed by atoms with E-state index in [0.29, 0.717) is 17.9 Å². The summed E-state index contributed by atoms with van der Waals surface area (Å²) in [4.78, 5) is 33.5. The molecule has 10 heteroatoms. The zero-order valence-electron chi connectivity index (χ0n) is 16.4. The number of hydrogen-bond acceptors (Lipinski definition) is 6. The monoisotopic (exact) mass is 400 g/mol. The first-order chi connectivity index (χ1) is 13.9. The number of carboxylic acid groups (broad SMARTS) is 1. The number of primary amides is 1. The Morgan fingerprint density at radius 3 is 2.48 bits per heavy atom. The number of amides is 2. The molecule has 2 amide bonds. The maximum atomic E-state index is 12.2. The van der Waals surface area contributed by atoms with E-state index in [1.165, 1.54) is 6.33 Å². The molecule has 0 radical (unpaired) electrons. The zero-order chi connectivity index (χ0) is 21.8. The van der Waals surface area contributed by atoms with Crippen molar-refractivity contribution >= 4 is 35.8 Å². The van der Waals surface area contributed by atoms with Crippen molar-refractivity contribution in [2.75, 3.05) is 11.9 Å². The van der Waals surface area contributed by atoms with E-state index in [-0.39, 0.29) is 18.8 Å². The van der Waals surface area contributed by atoms with Gasteiger partial charge in [-0.05, 0) is 38.0 Å². The molecule has 0 aliphatic rings. The van der Waals surface area contributed by atoms with Crippen molar-refractivity contribution in [1.29, 1.82) is 0 Å². The van der Waals surface area contributed by atoms with Gasteiger partial charge in [0.15, 0.2) is 5.82 Å². The predicted octanol–water partition coefficient (Wildman–Crippen LogP) is 1.64.